The van der Waals surface area contributed by atoms with Crippen molar-refractivity contribution in [1.82, 2.24) is 29.1 Å². The van der Waals surface area contributed by atoms with Crippen molar-refractivity contribution in [2.75, 3.05) is 49.2 Å². The summed E-state index contributed by atoms with van der Waals surface area (Å²) < 4.78 is 45.6. The van der Waals surface area contributed by atoms with E-state index in [1.54, 1.807) is 17.9 Å². The molecule has 2 aliphatic rings. The molecular weight excluding hydrogens is 658 g/mol. The van der Waals surface area contributed by atoms with Gasteiger partial charge < -0.3 is 24.4 Å². The average molecular weight is 701 g/mol. The quantitative estimate of drug-likeness (QED) is 0.200. The van der Waals surface area contributed by atoms with Crippen LogP contribution in [0.1, 0.15) is 38.3 Å². The van der Waals surface area contributed by atoms with Crippen molar-refractivity contribution >= 4 is 11.4 Å². The van der Waals surface area contributed by atoms with E-state index in [1.807, 2.05) is 43.3 Å². The fourth-order valence-corrected chi connectivity index (χ4v) is 7.24. The molecule has 5 aromatic rings. The summed E-state index contributed by atoms with van der Waals surface area (Å²) in [5.41, 5.74) is 1.93. The third-order valence-electron chi connectivity index (χ3n) is 9.96. The van der Waals surface area contributed by atoms with E-state index in [4.69, 9.17) is 9.47 Å². The van der Waals surface area contributed by atoms with Gasteiger partial charge in [0.1, 0.15) is 42.0 Å². The smallest absolute Gasteiger partial charge is 0.350 e. The fourth-order valence-electron chi connectivity index (χ4n) is 7.24. The number of aromatic nitrogens is 6. The number of piperazine rings is 1. The van der Waals surface area contributed by atoms with Crippen LogP contribution in [0.5, 0.6) is 5.75 Å². The Morgan fingerprint density at radius 2 is 1.61 bits per heavy atom. The second kappa shape index (κ2) is 14.6. The zero-order valence-electron chi connectivity index (χ0n) is 28.7. The number of nitrogens with zero attached hydrogens (tertiary/aromatic N) is 8. The highest BCUT2D eigenvalue weighted by atomic mass is 19.1. The van der Waals surface area contributed by atoms with Crippen molar-refractivity contribution in [2.24, 2.45) is 5.92 Å². The molecule has 3 aromatic carbocycles. The lowest BCUT2D eigenvalue weighted by Crippen LogP contribution is -2.46. The van der Waals surface area contributed by atoms with Gasteiger partial charge in [-0.15, -0.1) is 0 Å². The molecule has 4 atom stereocenters. The van der Waals surface area contributed by atoms with Crippen LogP contribution in [0.4, 0.5) is 20.2 Å². The molecule has 14 heteroatoms. The van der Waals surface area contributed by atoms with E-state index in [9.17, 15) is 18.7 Å². The Labute approximate surface area is 294 Å². The van der Waals surface area contributed by atoms with Gasteiger partial charge in [0, 0.05) is 55.1 Å². The molecule has 12 nitrogen and oxygen atoms in total. The highest BCUT2D eigenvalue weighted by Gasteiger charge is 2.44. The van der Waals surface area contributed by atoms with Gasteiger partial charge in [-0.3, -0.25) is 0 Å². The molecule has 0 saturated carbocycles. The first-order chi connectivity index (χ1) is 24.7. The summed E-state index contributed by atoms with van der Waals surface area (Å²) in [4.78, 5) is 21.7. The first kappa shape index (κ1) is 34.4. The molecule has 2 aromatic heterocycles. The number of ether oxygens (including phenoxy) is 2. The number of benzene rings is 3. The number of halogens is 2. The SMILES string of the molecule is CC[C@H]([C@@H](C)O)n1ncn(-c2ccc(N3CCN(c4ccc(OC[C@@H]5CO[C@](Cn6cncn6)(c6ccc(F)cc6F)C5)cc4)CC3)cc2)c1=O. The van der Waals surface area contributed by atoms with E-state index in [0.29, 0.717) is 31.6 Å². The number of hydrogen-bond donors (Lipinski definition) is 1. The van der Waals surface area contributed by atoms with E-state index >= 15 is 0 Å². The zero-order chi connectivity index (χ0) is 35.5. The Kier molecular flexibility index (Phi) is 9.87. The van der Waals surface area contributed by atoms with Crippen molar-refractivity contribution in [2.45, 2.75) is 51.0 Å². The number of aliphatic hydroxyl groups excluding tert-OH is 1. The van der Waals surface area contributed by atoms with E-state index in [2.05, 4.69) is 37.1 Å². The molecular formula is C37H42F2N8O4. The van der Waals surface area contributed by atoms with Crippen LogP contribution in [0.2, 0.25) is 0 Å². The summed E-state index contributed by atoms with van der Waals surface area (Å²) in [6, 6.07) is 19.2. The Morgan fingerprint density at radius 3 is 2.22 bits per heavy atom. The molecule has 0 aliphatic carbocycles. The van der Waals surface area contributed by atoms with E-state index in [1.165, 1.54) is 34.0 Å². The van der Waals surface area contributed by atoms with Gasteiger partial charge in [-0.05, 0) is 74.4 Å². The van der Waals surface area contributed by atoms with Gasteiger partial charge in [0.25, 0.3) is 0 Å². The molecule has 268 valence electrons. The van der Waals surface area contributed by atoms with Crippen LogP contribution in [-0.4, -0.2) is 79.7 Å². The van der Waals surface area contributed by atoms with Crippen molar-refractivity contribution in [3.63, 3.8) is 0 Å². The predicted octanol–water partition coefficient (Wildman–Crippen LogP) is 4.57. The summed E-state index contributed by atoms with van der Waals surface area (Å²) in [6.45, 7) is 7.97. The molecule has 2 saturated heterocycles. The molecule has 2 aliphatic heterocycles. The van der Waals surface area contributed by atoms with Crippen LogP contribution in [0.3, 0.4) is 0 Å². The monoisotopic (exact) mass is 700 g/mol. The highest BCUT2D eigenvalue weighted by molar-refractivity contribution is 5.54. The molecule has 0 radical (unpaired) electrons. The average Bonchev–Trinajstić information content (AvgIpc) is 3.90. The number of anilines is 2. The van der Waals surface area contributed by atoms with Crippen LogP contribution < -0.4 is 20.2 Å². The van der Waals surface area contributed by atoms with Crippen molar-refractivity contribution in [1.29, 1.82) is 0 Å². The summed E-state index contributed by atoms with van der Waals surface area (Å²) >= 11 is 0. The molecule has 2 fully saturated rings. The first-order valence-electron chi connectivity index (χ1n) is 17.3. The maximum Gasteiger partial charge on any atom is 0.350 e. The Hall–Kier alpha value is -5.08. The minimum Gasteiger partial charge on any atom is -0.493 e. The van der Waals surface area contributed by atoms with Crippen LogP contribution in [-0.2, 0) is 16.9 Å². The molecule has 51 heavy (non-hydrogen) atoms. The lowest BCUT2D eigenvalue weighted by Gasteiger charge is -2.37. The van der Waals surface area contributed by atoms with Gasteiger partial charge in [-0.25, -0.2) is 32.5 Å². The van der Waals surface area contributed by atoms with Crippen LogP contribution in [0.15, 0.2) is 90.5 Å². The Balaban J connectivity index is 0.923. The molecule has 0 amide bonds. The largest absolute Gasteiger partial charge is 0.493 e. The third-order valence-corrected chi connectivity index (χ3v) is 9.96. The van der Waals surface area contributed by atoms with Crippen molar-refractivity contribution in [3.05, 3.63) is 113 Å². The molecule has 0 bridgehead atoms. The topological polar surface area (TPSA) is 116 Å². The van der Waals surface area contributed by atoms with Crippen molar-refractivity contribution in [3.8, 4) is 11.4 Å². The van der Waals surface area contributed by atoms with Gasteiger partial charge in [0.05, 0.1) is 37.6 Å². The maximum atomic E-state index is 15.0. The zero-order valence-corrected chi connectivity index (χ0v) is 28.7. The predicted molar refractivity (Wildman–Crippen MR) is 187 cm³/mol. The van der Waals surface area contributed by atoms with Gasteiger partial charge >= 0.3 is 5.69 Å². The Bertz CT molecular complexity index is 1960. The van der Waals surface area contributed by atoms with Gasteiger partial charge in [-0.1, -0.05) is 13.0 Å². The maximum absolute atomic E-state index is 15.0. The molecule has 7 rings (SSSR count). The second-order valence-corrected chi connectivity index (χ2v) is 13.3. The Morgan fingerprint density at radius 1 is 0.941 bits per heavy atom. The molecule has 1 N–H and O–H groups in total. The van der Waals surface area contributed by atoms with Crippen molar-refractivity contribution < 1.29 is 23.4 Å². The van der Waals surface area contributed by atoms with Crippen LogP contribution in [0, 0.1) is 17.6 Å². The number of rotatable bonds is 12. The summed E-state index contributed by atoms with van der Waals surface area (Å²) in [6.07, 6.45) is 4.88. The lowest BCUT2D eigenvalue weighted by atomic mass is 9.87. The molecule has 0 unspecified atom stereocenters. The van der Waals surface area contributed by atoms with Gasteiger partial charge in [-0.2, -0.15) is 10.2 Å². The highest BCUT2D eigenvalue weighted by Crippen LogP contribution is 2.42. The van der Waals surface area contributed by atoms with Gasteiger partial charge in [0.15, 0.2) is 0 Å². The minimum atomic E-state index is -1.02. The lowest BCUT2D eigenvalue weighted by molar-refractivity contribution is -0.0206. The van der Waals surface area contributed by atoms with E-state index < -0.39 is 23.3 Å². The number of hydrogen-bond acceptors (Lipinski definition) is 9. The summed E-state index contributed by atoms with van der Waals surface area (Å²) in [7, 11) is 0. The fraction of sp³-hybridized carbons (Fsp3) is 0.405. The normalized spacial score (nSPS) is 20.5. The summed E-state index contributed by atoms with van der Waals surface area (Å²) in [5, 5.41) is 18.5. The summed E-state index contributed by atoms with van der Waals surface area (Å²) in [5.74, 6) is -0.563. The van der Waals surface area contributed by atoms with Crippen LogP contribution in [0.25, 0.3) is 5.69 Å². The first-order valence-corrected chi connectivity index (χ1v) is 17.3. The van der Waals surface area contributed by atoms with E-state index in [0.717, 1.165) is 55.1 Å². The molecule has 0 spiro atoms. The number of aliphatic hydroxyl groups is 1. The standard InChI is InChI=1S/C37H42F2N8O4/c1-3-35(26(2)48)47-36(49)46(25-42-47)31-7-5-29(6-8-31)43-14-16-44(17-15-43)30-9-11-32(12-10-30)50-20-27-19-37(51-21-27,22-45-24-40-23-41-45)33-13-4-28(38)18-34(33)39/h4-13,18,23-27,35,48H,3,14-17,19-22H2,1-2H3/t26-,27-,35-,37-/m1/s1. The van der Waals surface area contributed by atoms with Crippen LogP contribution >= 0.6 is 0 Å². The van der Waals surface area contributed by atoms with Gasteiger partial charge in [0.2, 0.25) is 0 Å². The van der Waals surface area contributed by atoms with E-state index in [-0.39, 0.29) is 24.2 Å². The molecule has 4 heterocycles. The third kappa shape index (κ3) is 7.24. The minimum absolute atomic E-state index is 0.0121. The second-order valence-electron chi connectivity index (χ2n) is 13.3.